The number of nitrogens with one attached hydrogen (secondary N) is 1. The van der Waals surface area contributed by atoms with Crippen molar-refractivity contribution in [3.05, 3.63) is 48.0 Å². The zero-order valence-corrected chi connectivity index (χ0v) is 10.4. The number of hydrogen-bond acceptors (Lipinski definition) is 2. The maximum absolute atomic E-state index is 11.7. The number of rotatable bonds is 5. The Morgan fingerprint density at radius 2 is 2.18 bits per heavy atom. The summed E-state index contributed by atoms with van der Waals surface area (Å²) in [4.78, 5) is 11.7. The minimum absolute atomic E-state index is 0.0282. The van der Waals surface area contributed by atoms with Crippen molar-refractivity contribution in [1.29, 1.82) is 0 Å². The number of aryl methyl sites for hydroxylation is 1. The molecule has 0 heterocycles. The summed E-state index contributed by atoms with van der Waals surface area (Å²) < 4.78 is 0. The Morgan fingerprint density at radius 1 is 1.53 bits per heavy atom. The number of benzene rings is 1. The molecule has 1 aromatic rings. The number of nitrogens with two attached hydrogens (primary N) is 1. The molecule has 3 N–H and O–H groups in total. The quantitative estimate of drug-likeness (QED) is 0.764. The molecule has 1 amide bonds. The molecule has 0 aliphatic carbocycles. The van der Waals surface area contributed by atoms with Crippen LogP contribution in [0.15, 0.2) is 36.9 Å². The Kier molecular flexibility index (Phi) is 4.91. The largest absolute Gasteiger partial charge is 0.348 e. The van der Waals surface area contributed by atoms with Gasteiger partial charge in [-0.05, 0) is 31.4 Å². The van der Waals surface area contributed by atoms with Gasteiger partial charge in [0, 0.05) is 0 Å². The summed E-state index contributed by atoms with van der Waals surface area (Å²) >= 11 is 0. The lowest BCUT2D eigenvalue weighted by atomic mass is 10.0. The molecule has 3 heteroatoms. The SMILES string of the molecule is C=CCC(N)C(=O)NC(C)c1ccccc1C. The van der Waals surface area contributed by atoms with Crippen molar-refractivity contribution in [2.75, 3.05) is 0 Å². The second-order valence-corrected chi connectivity index (χ2v) is 4.22. The van der Waals surface area contributed by atoms with Crippen LogP contribution >= 0.6 is 0 Å². The van der Waals surface area contributed by atoms with E-state index in [2.05, 4.69) is 11.9 Å². The summed E-state index contributed by atoms with van der Waals surface area (Å²) in [6, 6.07) is 7.45. The van der Waals surface area contributed by atoms with Gasteiger partial charge in [0.25, 0.3) is 0 Å². The maximum atomic E-state index is 11.7. The lowest BCUT2D eigenvalue weighted by molar-refractivity contribution is -0.122. The Labute approximate surface area is 103 Å². The summed E-state index contributed by atoms with van der Waals surface area (Å²) in [7, 11) is 0. The molecule has 0 fully saturated rings. The van der Waals surface area contributed by atoms with Gasteiger partial charge in [0.05, 0.1) is 12.1 Å². The predicted octanol–water partition coefficient (Wildman–Crippen LogP) is 2.08. The van der Waals surface area contributed by atoms with Crippen LogP contribution in [0.3, 0.4) is 0 Å². The third kappa shape index (κ3) is 3.71. The Balaban J connectivity index is 2.66. The van der Waals surface area contributed by atoms with E-state index in [4.69, 9.17) is 5.73 Å². The van der Waals surface area contributed by atoms with Gasteiger partial charge in [-0.25, -0.2) is 0 Å². The highest BCUT2D eigenvalue weighted by Gasteiger charge is 2.15. The van der Waals surface area contributed by atoms with Gasteiger partial charge in [-0.3, -0.25) is 4.79 Å². The number of carbonyl (C=O) groups is 1. The summed E-state index contributed by atoms with van der Waals surface area (Å²) in [6.45, 7) is 7.56. The van der Waals surface area contributed by atoms with Crippen molar-refractivity contribution in [2.45, 2.75) is 32.4 Å². The first-order valence-electron chi connectivity index (χ1n) is 5.78. The van der Waals surface area contributed by atoms with E-state index in [1.807, 2.05) is 38.1 Å². The van der Waals surface area contributed by atoms with Gasteiger partial charge in [0.2, 0.25) is 5.91 Å². The van der Waals surface area contributed by atoms with Crippen molar-refractivity contribution < 1.29 is 4.79 Å². The minimum Gasteiger partial charge on any atom is -0.348 e. The van der Waals surface area contributed by atoms with Gasteiger partial charge in [-0.15, -0.1) is 6.58 Å². The third-order valence-corrected chi connectivity index (χ3v) is 2.77. The molecule has 0 saturated carbocycles. The lowest BCUT2D eigenvalue weighted by Gasteiger charge is -2.18. The van der Waals surface area contributed by atoms with Crippen LogP contribution in [-0.2, 0) is 4.79 Å². The van der Waals surface area contributed by atoms with Crippen LogP contribution in [-0.4, -0.2) is 11.9 Å². The number of amides is 1. The average Bonchev–Trinajstić information content (AvgIpc) is 2.29. The molecule has 3 nitrogen and oxygen atoms in total. The molecule has 92 valence electrons. The summed E-state index contributed by atoms with van der Waals surface area (Å²) in [6.07, 6.45) is 2.15. The van der Waals surface area contributed by atoms with Crippen molar-refractivity contribution in [1.82, 2.24) is 5.32 Å². The van der Waals surface area contributed by atoms with Gasteiger partial charge < -0.3 is 11.1 Å². The molecular weight excluding hydrogens is 212 g/mol. The van der Waals surface area contributed by atoms with E-state index in [0.29, 0.717) is 6.42 Å². The first kappa shape index (κ1) is 13.5. The van der Waals surface area contributed by atoms with Crippen LogP contribution in [0.2, 0.25) is 0 Å². The van der Waals surface area contributed by atoms with Crippen molar-refractivity contribution in [3.63, 3.8) is 0 Å². The Hall–Kier alpha value is -1.61. The van der Waals surface area contributed by atoms with E-state index in [1.165, 1.54) is 0 Å². The van der Waals surface area contributed by atoms with E-state index in [1.54, 1.807) is 6.08 Å². The van der Waals surface area contributed by atoms with E-state index in [-0.39, 0.29) is 11.9 Å². The molecule has 0 saturated heterocycles. The molecule has 0 aliphatic heterocycles. The van der Waals surface area contributed by atoms with Gasteiger partial charge in [0.15, 0.2) is 0 Å². The first-order valence-corrected chi connectivity index (χ1v) is 5.78. The fourth-order valence-electron chi connectivity index (χ4n) is 1.76. The van der Waals surface area contributed by atoms with Gasteiger partial charge in [-0.1, -0.05) is 30.3 Å². The molecule has 2 unspecified atom stereocenters. The zero-order valence-electron chi connectivity index (χ0n) is 10.4. The molecule has 1 rings (SSSR count). The van der Waals surface area contributed by atoms with Crippen molar-refractivity contribution in [3.8, 4) is 0 Å². The van der Waals surface area contributed by atoms with Crippen molar-refractivity contribution in [2.24, 2.45) is 5.73 Å². The van der Waals surface area contributed by atoms with Crippen LogP contribution in [0.4, 0.5) is 0 Å². The van der Waals surface area contributed by atoms with Crippen LogP contribution in [0, 0.1) is 6.92 Å². The molecule has 0 radical (unpaired) electrons. The van der Waals surface area contributed by atoms with Crippen LogP contribution in [0.25, 0.3) is 0 Å². The molecule has 0 aromatic heterocycles. The number of hydrogen-bond donors (Lipinski definition) is 2. The van der Waals surface area contributed by atoms with Crippen LogP contribution < -0.4 is 11.1 Å². The topological polar surface area (TPSA) is 55.1 Å². The fourth-order valence-corrected chi connectivity index (χ4v) is 1.76. The Morgan fingerprint density at radius 3 is 2.76 bits per heavy atom. The molecule has 1 aromatic carbocycles. The standard InChI is InChI=1S/C14H20N2O/c1-4-7-13(15)14(17)16-11(3)12-9-6-5-8-10(12)2/h4-6,8-9,11,13H,1,7,15H2,2-3H3,(H,16,17). The molecule has 17 heavy (non-hydrogen) atoms. The molecule has 0 aliphatic rings. The fraction of sp³-hybridized carbons (Fsp3) is 0.357. The second kappa shape index (κ2) is 6.21. The molecule has 2 atom stereocenters. The smallest absolute Gasteiger partial charge is 0.237 e. The monoisotopic (exact) mass is 232 g/mol. The number of carbonyl (C=O) groups excluding carboxylic acids is 1. The Bertz CT molecular complexity index is 401. The second-order valence-electron chi connectivity index (χ2n) is 4.22. The van der Waals surface area contributed by atoms with Gasteiger partial charge >= 0.3 is 0 Å². The summed E-state index contributed by atoms with van der Waals surface area (Å²) in [5.74, 6) is -0.138. The highest BCUT2D eigenvalue weighted by molar-refractivity contribution is 5.82. The normalized spacial score (nSPS) is 13.8. The van der Waals surface area contributed by atoms with Crippen LogP contribution in [0.1, 0.15) is 30.5 Å². The van der Waals surface area contributed by atoms with Gasteiger partial charge in [-0.2, -0.15) is 0 Å². The van der Waals surface area contributed by atoms with E-state index < -0.39 is 6.04 Å². The molecule has 0 bridgehead atoms. The minimum atomic E-state index is -0.515. The third-order valence-electron chi connectivity index (χ3n) is 2.77. The maximum Gasteiger partial charge on any atom is 0.237 e. The lowest BCUT2D eigenvalue weighted by Crippen LogP contribution is -2.41. The highest BCUT2D eigenvalue weighted by atomic mass is 16.2. The highest BCUT2D eigenvalue weighted by Crippen LogP contribution is 2.16. The first-order chi connectivity index (χ1) is 8.06. The average molecular weight is 232 g/mol. The van der Waals surface area contributed by atoms with E-state index >= 15 is 0 Å². The zero-order chi connectivity index (χ0) is 12.8. The van der Waals surface area contributed by atoms with Crippen molar-refractivity contribution >= 4 is 5.91 Å². The molecule has 0 spiro atoms. The predicted molar refractivity (Wildman–Crippen MR) is 70.5 cm³/mol. The van der Waals surface area contributed by atoms with E-state index in [0.717, 1.165) is 11.1 Å². The molecular formula is C14H20N2O. The van der Waals surface area contributed by atoms with Crippen LogP contribution in [0.5, 0.6) is 0 Å². The van der Waals surface area contributed by atoms with E-state index in [9.17, 15) is 4.79 Å². The summed E-state index contributed by atoms with van der Waals surface area (Å²) in [5.41, 5.74) is 7.99. The van der Waals surface area contributed by atoms with Gasteiger partial charge in [0.1, 0.15) is 0 Å². The summed E-state index contributed by atoms with van der Waals surface area (Å²) in [5, 5.41) is 2.91.